The lowest BCUT2D eigenvalue weighted by molar-refractivity contribution is -0.192. The van der Waals surface area contributed by atoms with Gasteiger partial charge in [-0.15, -0.1) is 0 Å². The predicted octanol–water partition coefficient (Wildman–Crippen LogP) is 1.81. The van der Waals surface area contributed by atoms with Gasteiger partial charge in [-0.1, -0.05) is 12.8 Å². The SMILES string of the molecule is Cc1ccoc1C(=O)N1CC2(C1)CN(C)C(C(=O)NC1CCCC1)CO2.O=C(O)C(F)(F)F. The number of aryl methyl sites for hydroxylation is 1. The lowest BCUT2D eigenvalue weighted by Crippen LogP contribution is -2.73. The number of alkyl halides is 3. The van der Waals surface area contributed by atoms with Crippen molar-refractivity contribution >= 4 is 17.8 Å². The number of carboxylic acid groups (broad SMARTS) is 1. The van der Waals surface area contributed by atoms with E-state index in [4.69, 9.17) is 19.1 Å². The van der Waals surface area contributed by atoms with Crippen LogP contribution in [-0.4, -0.2) is 89.8 Å². The van der Waals surface area contributed by atoms with Crippen molar-refractivity contribution in [3.63, 3.8) is 0 Å². The van der Waals surface area contributed by atoms with Gasteiger partial charge in [0.05, 0.1) is 26.0 Å². The summed E-state index contributed by atoms with van der Waals surface area (Å²) in [4.78, 5) is 37.7. The standard InChI is InChI=1S/C19H27N3O4.C2HF3O2/c1-13-7-8-25-16(13)18(24)22-11-19(12-22)10-21(2)15(9-26-19)17(23)20-14-5-3-4-6-14;3-2(4,5)1(6)7/h7-8,14-15H,3-6,9-12H2,1-2H3,(H,20,23);(H,6,7). The minimum atomic E-state index is -5.08. The molecule has 1 atom stereocenters. The van der Waals surface area contributed by atoms with Crippen LogP contribution in [0.15, 0.2) is 16.7 Å². The van der Waals surface area contributed by atoms with E-state index in [9.17, 15) is 22.8 Å². The molecule has 1 aromatic rings. The number of carboxylic acids is 1. The smallest absolute Gasteiger partial charge is 0.475 e. The second kappa shape index (κ2) is 9.72. The predicted molar refractivity (Wildman–Crippen MR) is 109 cm³/mol. The van der Waals surface area contributed by atoms with E-state index in [-0.39, 0.29) is 23.5 Å². The molecule has 3 aliphatic rings. The number of hydrogen-bond donors (Lipinski definition) is 2. The number of furan rings is 1. The molecule has 12 heteroatoms. The molecule has 3 fully saturated rings. The van der Waals surface area contributed by atoms with Crippen LogP contribution >= 0.6 is 0 Å². The van der Waals surface area contributed by atoms with Crippen LogP contribution in [0.4, 0.5) is 13.2 Å². The molecule has 184 valence electrons. The fraction of sp³-hybridized carbons (Fsp3) is 0.667. The minimum Gasteiger partial charge on any atom is -0.475 e. The van der Waals surface area contributed by atoms with Gasteiger partial charge in [-0.3, -0.25) is 14.5 Å². The molecule has 9 nitrogen and oxygen atoms in total. The van der Waals surface area contributed by atoms with Gasteiger partial charge in [0, 0.05) is 18.2 Å². The Hall–Kier alpha value is -2.60. The Labute approximate surface area is 188 Å². The van der Waals surface area contributed by atoms with Gasteiger partial charge < -0.3 is 24.5 Å². The largest absolute Gasteiger partial charge is 0.490 e. The minimum absolute atomic E-state index is 0.0627. The first kappa shape index (κ1) is 25.0. The summed E-state index contributed by atoms with van der Waals surface area (Å²) >= 11 is 0. The van der Waals surface area contributed by atoms with Crippen LogP contribution < -0.4 is 5.32 Å². The molecular weight excluding hydrogens is 447 g/mol. The number of carbonyl (C=O) groups is 3. The Morgan fingerprint density at radius 2 is 1.79 bits per heavy atom. The van der Waals surface area contributed by atoms with Crippen LogP contribution in [0.25, 0.3) is 0 Å². The second-order valence-corrected chi connectivity index (χ2v) is 8.81. The number of amides is 2. The van der Waals surface area contributed by atoms with E-state index in [0.717, 1.165) is 18.4 Å². The first-order valence-electron chi connectivity index (χ1n) is 10.7. The molecular formula is C21H28F3N3O6. The number of rotatable bonds is 3. The van der Waals surface area contributed by atoms with Crippen molar-refractivity contribution < 1.29 is 41.8 Å². The third-order valence-electron chi connectivity index (χ3n) is 6.17. The number of morpholine rings is 1. The van der Waals surface area contributed by atoms with Crippen molar-refractivity contribution in [2.24, 2.45) is 0 Å². The zero-order valence-corrected chi connectivity index (χ0v) is 18.5. The zero-order valence-electron chi connectivity index (χ0n) is 18.5. The number of hydrogen-bond acceptors (Lipinski definition) is 6. The van der Waals surface area contributed by atoms with Crippen LogP contribution in [0.5, 0.6) is 0 Å². The normalized spacial score (nSPS) is 22.9. The van der Waals surface area contributed by atoms with E-state index in [2.05, 4.69) is 10.2 Å². The van der Waals surface area contributed by atoms with E-state index in [1.54, 1.807) is 11.0 Å². The molecule has 2 N–H and O–H groups in total. The quantitative estimate of drug-likeness (QED) is 0.686. The maximum Gasteiger partial charge on any atom is 0.490 e. The number of nitrogens with one attached hydrogen (secondary N) is 1. The summed E-state index contributed by atoms with van der Waals surface area (Å²) in [6, 6.07) is 1.86. The van der Waals surface area contributed by atoms with Gasteiger partial charge >= 0.3 is 12.1 Å². The summed E-state index contributed by atoms with van der Waals surface area (Å²) in [5.74, 6) is -2.39. The second-order valence-electron chi connectivity index (χ2n) is 8.81. The molecule has 3 heterocycles. The van der Waals surface area contributed by atoms with Crippen molar-refractivity contribution in [1.82, 2.24) is 15.1 Å². The third-order valence-corrected chi connectivity index (χ3v) is 6.17. The van der Waals surface area contributed by atoms with E-state index >= 15 is 0 Å². The van der Waals surface area contributed by atoms with Crippen LogP contribution in [0.2, 0.25) is 0 Å². The molecule has 2 amide bonds. The van der Waals surface area contributed by atoms with Crippen molar-refractivity contribution in [3.05, 3.63) is 23.7 Å². The van der Waals surface area contributed by atoms with Crippen LogP contribution in [0.3, 0.4) is 0 Å². The Kier molecular flexibility index (Phi) is 7.37. The Morgan fingerprint density at radius 3 is 2.27 bits per heavy atom. The lowest BCUT2D eigenvalue weighted by Gasteiger charge is -2.54. The van der Waals surface area contributed by atoms with Gasteiger partial charge in [0.2, 0.25) is 5.91 Å². The fourth-order valence-corrected chi connectivity index (χ4v) is 4.36. The van der Waals surface area contributed by atoms with Gasteiger partial charge in [-0.05, 0) is 32.9 Å². The number of halogens is 3. The Balaban J connectivity index is 0.000000383. The summed E-state index contributed by atoms with van der Waals surface area (Å²) in [6.45, 7) is 3.96. The van der Waals surface area contributed by atoms with Crippen molar-refractivity contribution in [2.45, 2.75) is 56.5 Å². The number of likely N-dealkylation sites (tertiary alicyclic amines) is 1. The highest BCUT2D eigenvalue weighted by atomic mass is 19.4. The number of carbonyl (C=O) groups excluding carboxylic acids is 2. The summed E-state index contributed by atoms with van der Waals surface area (Å²) in [5.41, 5.74) is 0.482. The first-order chi connectivity index (χ1) is 15.4. The van der Waals surface area contributed by atoms with Gasteiger partial charge in [0.1, 0.15) is 11.6 Å². The number of aliphatic carboxylic acids is 1. The summed E-state index contributed by atoms with van der Waals surface area (Å²) in [7, 11) is 1.96. The number of likely N-dealkylation sites (N-methyl/N-ethyl adjacent to an activating group) is 1. The van der Waals surface area contributed by atoms with Crippen LogP contribution in [-0.2, 0) is 14.3 Å². The molecule has 1 spiro atoms. The van der Waals surface area contributed by atoms with Gasteiger partial charge in [-0.2, -0.15) is 13.2 Å². The maximum atomic E-state index is 12.5. The van der Waals surface area contributed by atoms with Crippen molar-refractivity contribution in [2.75, 3.05) is 33.3 Å². The molecule has 1 saturated carbocycles. The molecule has 2 aliphatic heterocycles. The molecule has 0 radical (unpaired) electrons. The van der Waals surface area contributed by atoms with E-state index in [0.29, 0.717) is 38.0 Å². The molecule has 4 rings (SSSR count). The highest BCUT2D eigenvalue weighted by molar-refractivity contribution is 5.93. The highest BCUT2D eigenvalue weighted by Crippen LogP contribution is 2.32. The van der Waals surface area contributed by atoms with Crippen molar-refractivity contribution in [1.29, 1.82) is 0 Å². The van der Waals surface area contributed by atoms with E-state index < -0.39 is 12.1 Å². The summed E-state index contributed by atoms with van der Waals surface area (Å²) in [6.07, 6.45) is 1.01. The van der Waals surface area contributed by atoms with Crippen LogP contribution in [0, 0.1) is 6.92 Å². The Bertz CT molecular complexity index is 875. The molecule has 0 bridgehead atoms. The third kappa shape index (κ3) is 5.85. The number of nitrogens with zero attached hydrogens (tertiary/aromatic N) is 2. The fourth-order valence-electron chi connectivity index (χ4n) is 4.36. The lowest BCUT2D eigenvalue weighted by atomic mass is 9.90. The van der Waals surface area contributed by atoms with Gasteiger partial charge in [0.25, 0.3) is 5.91 Å². The van der Waals surface area contributed by atoms with Crippen molar-refractivity contribution in [3.8, 4) is 0 Å². The first-order valence-corrected chi connectivity index (χ1v) is 10.7. The highest BCUT2D eigenvalue weighted by Gasteiger charge is 2.52. The van der Waals surface area contributed by atoms with E-state index in [1.807, 2.05) is 14.0 Å². The average Bonchev–Trinajstić information content (AvgIpc) is 3.36. The number of ether oxygens (including phenoxy) is 1. The maximum absolute atomic E-state index is 12.5. The van der Waals surface area contributed by atoms with Crippen LogP contribution in [0.1, 0.15) is 41.8 Å². The molecule has 1 unspecified atom stereocenters. The monoisotopic (exact) mass is 475 g/mol. The zero-order chi connectivity index (χ0) is 24.4. The van der Waals surface area contributed by atoms with E-state index in [1.165, 1.54) is 19.1 Å². The molecule has 33 heavy (non-hydrogen) atoms. The van der Waals surface area contributed by atoms with Gasteiger partial charge in [-0.25, -0.2) is 4.79 Å². The summed E-state index contributed by atoms with van der Waals surface area (Å²) < 4.78 is 43.1. The summed E-state index contributed by atoms with van der Waals surface area (Å²) in [5, 5.41) is 10.3. The topological polar surface area (TPSA) is 112 Å². The average molecular weight is 475 g/mol. The molecule has 1 aromatic heterocycles. The molecule has 2 saturated heterocycles. The van der Waals surface area contributed by atoms with Gasteiger partial charge in [0.15, 0.2) is 5.76 Å². The molecule has 1 aliphatic carbocycles. The molecule has 0 aromatic carbocycles. The Morgan fingerprint density at radius 1 is 1.18 bits per heavy atom.